The van der Waals surface area contributed by atoms with Crippen molar-refractivity contribution in [3.63, 3.8) is 0 Å². The van der Waals surface area contributed by atoms with E-state index < -0.39 is 0 Å². The highest BCUT2D eigenvalue weighted by molar-refractivity contribution is 7.61. The van der Waals surface area contributed by atoms with Crippen LogP contribution in [0, 0.1) is 21.7 Å². The van der Waals surface area contributed by atoms with Gasteiger partial charge >= 0.3 is 0 Å². The van der Waals surface area contributed by atoms with Gasteiger partial charge in [0.25, 0.3) is 0 Å². The Bertz CT molecular complexity index is 276. The number of hydrogen-bond donors (Lipinski definition) is 0. The van der Waals surface area contributed by atoms with Crippen LogP contribution in [0.1, 0.15) is 83.1 Å². The first-order valence-electron chi connectivity index (χ1n) is 9.81. The van der Waals surface area contributed by atoms with E-state index in [1.54, 1.807) is 0 Å². The van der Waals surface area contributed by atoms with Crippen molar-refractivity contribution in [2.45, 2.75) is 83.1 Å². The average Bonchev–Trinajstić information content (AvgIpc) is 2.16. The Morgan fingerprint density at radius 3 is 0.667 bits per heavy atom. The van der Waals surface area contributed by atoms with Crippen LogP contribution in [0.4, 0.5) is 0 Å². The number of rotatable bonds is 7. The molecule has 0 radical (unpaired) electrons. The molecule has 0 aromatic carbocycles. The summed E-state index contributed by atoms with van der Waals surface area (Å²) in [4.78, 5) is 0. The van der Waals surface area contributed by atoms with Crippen LogP contribution in [0.25, 0.3) is 0 Å². The molecule has 146 valence electrons. The Morgan fingerprint density at radius 2 is 0.542 bits per heavy atom. The molecule has 0 aromatic heterocycles. The first-order valence-corrected chi connectivity index (χ1v) is 13.6. The minimum absolute atomic E-state index is 0.164. The first kappa shape index (κ1) is 24.9. The number of hydrogen-bond acceptors (Lipinski definition) is 0. The van der Waals surface area contributed by atoms with Gasteiger partial charge in [0.2, 0.25) is 0 Å². The van der Waals surface area contributed by atoms with Crippen LogP contribution in [-0.4, -0.2) is 37.0 Å². The Labute approximate surface area is 157 Å². The van der Waals surface area contributed by atoms with Gasteiger partial charge in [-0.15, -0.1) is 15.8 Å². The zero-order valence-corrected chi connectivity index (χ0v) is 20.9. The second kappa shape index (κ2) is 9.18. The van der Waals surface area contributed by atoms with Gasteiger partial charge in [0, 0.05) is 0 Å². The van der Waals surface area contributed by atoms with Crippen molar-refractivity contribution < 1.29 is 0 Å². The third kappa shape index (κ3) is 16.3. The quantitative estimate of drug-likeness (QED) is 0.394. The van der Waals surface area contributed by atoms with Gasteiger partial charge in [0.05, 0.1) is 0 Å². The van der Waals surface area contributed by atoms with Gasteiger partial charge in [-0.25, -0.2) is 0 Å². The van der Waals surface area contributed by atoms with Gasteiger partial charge < -0.3 is 0 Å². The fraction of sp³-hybridized carbons (Fsp3) is 1.00. The molecule has 0 amide bonds. The molecule has 0 N–H and O–H groups in total. The van der Waals surface area contributed by atoms with E-state index in [4.69, 9.17) is 0 Å². The summed E-state index contributed by atoms with van der Waals surface area (Å²) in [6.07, 6.45) is 8.76. The molecule has 0 saturated heterocycles. The summed E-state index contributed by atoms with van der Waals surface area (Å²) in [7, 11) is 0.328. The SMILES string of the molecule is CC(C)(C)CP(CCP(CC(C)(C)C)CC(C)(C)C)CC(C)(C)C. The van der Waals surface area contributed by atoms with Crippen LogP contribution < -0.4 is 0 Å². The third-order valence-corrected chi connectivity index (χ3v) is 11.2. The molecule has 0 heterocycles. The Morgan fingerprint density at radius 1 is 0.375 bits per heavy atom. The van der Waals surface area contributed by atoms with Gasteiger partial charge in [-0.1, -0.05) is 83.1 Å². The standard InChI is InChI=1S/C22H48P2/c1-19(2,3)15-23(16-20(4,5)6)13-14-24(17-21(7,8)9)18-22(10,11)12/h13-18H2,1-12H3. The van der Waals surface area contributed by atoms with Gasteiger partial charge in [-0.05, 0) is 58.6 Å². The minimum Gasteiger partial charge on any atom is -0.105 e. The van der Waals surface area contributed by atoms with Crippen molar-refractivity contribution in [3.8, 4) is 0 Å². The highest BCUT2D eigenvalue weighted by Crippen LogP contribution is 2.52. The molecule has 0 aromatic rings. The van der Waals surface area contributed by atoms with E-state index >= 15 is 0 Å². The predicted octanol–water partition coefficient (Wildman–Crippen LogP) is 8.13. The van der Waals surface area contributed by atoms with Crippen LogP contribution in [0.15, 0.2) is 0 Å². The van der Waals surface area contributed by atoms with Gasteiger partial charge in [-0.2, -0.15) is 0 Å². The van der Waals surface area contributed by atoms with Crippen LogP contribution >= 0.6 is 15.8 Å². The zero-order chi connectivity index (χ0) is 19.4. The lowest BCUT2D eigenvalue weighted by Gasteiger charge is -2.35. The normalized spacial score (nSPS) is 14.8. The zero-order valence-electron chi connectivity index (χ0n) is 19.1. The van der Waals surface area contributed by atoms with Crippen LogP contribution in [-0.2, 0) is 0 Å². The lowest BCUT2D eigenvalue weighted by atomic mass is 10.00. The molecule has 0 aliphatic carbocycles. The molecule has 2 heteroatoms. The molecular weight excluding hydrogens is 326 g/mol. The van der Waals surface area contributed by atoms with Crippen LogP contribution in [0.3, 0.4) is 0 Å². The van der Waals surface area contributed by atoms with Crippen LogP contribution in [0.2, 0.25) is 0 Å². The second-order valence-electron chi connectivity index (χ2n) is 12.7. The molecule has 24 heavy (non-hydrogen) atoms. The molecule has 0 fully saturated rings. The predicted molar refractivity (Wildman–Crippen MR) is 121 cm³/mol. The van der Waals surface area contributed by atoms with Gasteiger partial charge in [-0.3, -0.25) is 0 Å². The molecule has 0 nitrogen and oxygen atoms in total. The monoisotopic (exact) mass is 374 g/mol. The summed E-state index contributed by atoms with van der Waals surface area (Å²) in [6.45, 7) is 29.1. The minimum atomic E-state index is 0.164. The fourth-order valence-electron chi connectivity index (χ4n) is 3.39. The highest BCUT2D eigenvalue weighted by atomic mass is 31.1. The van der Waals surface area contributed by atoms with Gasteiger partial charge in [0.15, 0.2) is 0 Å². The molecule has 0 rings (SSSR count). The van der Waals surface area contributed by atoms with E-state index in [0.717, 1.165) is 0 Å². The summed E-state index contributed by atoms with van der Waals surface area (Å²) in [5.74, 6) is 0. The lowest BCUT2D eigenvalue weighted by molar-refractivity contribution is 0.456. The highest BCUT2D eigenvalue weighted by Gasteiger charge is 2.27. The van der Waals surface area contributed by atoms with Crippen molar-refractivity contribution in [2.24, 2.45) is 21.7 Å². The van der Waals surface area contributed by atoms with E-state index in [-0.39, 0.29) is 15.8 Å². The molecule has 0 saturated carbocycles. The van der Waals surface area contributed by atoms with E-state index in [1.165, 1.54) is 37.0 Å². The summed E-state index contributed by atoms with van der Waals surface area (Å²) < 4.78 is 0. The molecule has 0 aliphatic rings. The fourth-order valence-corrected chi connectivity index (χ4v) is 11.9. The molecule has 0 spiro atoms. The Balaban J connectivity index is 4.94. The van der Waals surface area contributed by atoms with E-state index in [2.05, 4.69) is 83.1 Å². The lowest BCUT2D eigenvalue weighted by Crippen LogP contribution is -2.22. The van der Waals surface area contributed by atoms with Crippen molar-refractivity contribution in [3.05, 3.63) is 0 Å². The summed E-state index contributed by atoms with van der Waals surface area (Å²) in [5, 5.41) is 0. The summed E-state index contributed by atoms with van der Waals surface area (Å²) >= 11 is 0. The summed E-state index contributed by atoms with van der Waals surface area (Å²) in [6, 6.07) is 0. The van der Waals surface area contributed by atoms with Crippen molar-refractivity contribution in [1.29, 1.82) is 0 Å². The van der Waals surface area contributed by atoms with E-state index in [0.29, 0.717) is 21.7 Å². The Hall–Kier alpha value is 0.860. The average molecular weight is 375 g/mol. The third-order valence-electron chi connectivity index (χ3n) is 3.52. The van der Waals surface area contributed by atoms with E-state index in [9.17, 15) is 0 Å². The topological polar surface area (TPSA) is 0 Å². The molecule has 0 unspecified atom stereocenters. The molecule has 0 atom stereocenters. The maximum atomic E-state index is 2.43. The van der Waals surface area contributed by atoms with E-state index in [1.807, 2.05) is 0 Å². The van der Waals surface area contributed by atoms with Crippen molar-refractivity contribution in [1.82, 2.24) is 0 Å². The Kier molecular flexibility index (Phi) is 9.51. The largest absolute Gasteiger partial charge is 0.105 e. The maximum Gasteiger partial charge on any atom is -0.0277 e. The first-order chi connectivity index (χ1) is 10.4. The summed E-state index contributed by atoms with van der Waals surface area (Å²) in [5.41, 5.74) is 1.92. The van der Waals surface area contributed by atoms with Crippen molar-refractivity contribution >= 4 is 15.8 Å². The molecule has 0 bridgehead atoms. The second-order valence-corrected chi connectivity index (χ2v) is 17.5. The molecular formula is C22H48P2. The smallest absolute Gasteiger partial charge is 0.0277 e. The molecule has 0 aliphatic heterocycles. The maximum absolute atomic E-state index is 2.43. The van der Waals surface area contributed by atoms with Crippen LogP contribution in [0.5, 0.6) is 0 Å². The van der Waals surface area contributed by atoms with Gasteiger partial charge in [0.1, 0.15) is 0 Å². The van der Waals surface area contributed by atoms with Crippen molar-refractivity contribution in [2.75, 3.05) is 37.0 Å².